The lowest BCUT2D eigenvalue weighted by molar-refractivity contribution is 0.112. The second-order valence-electron chi connectivity index (χ2n) is 3.78. The Balaban J connectivity index is 2.20. The van der Waals surface area contributed by atoms with Crippen LogP contribution < -0.4 is 0 Å². The first-order valence-electron chi connectivity index (χ1n) is 4.80. The third-order valence-electron chi connectivity index (χ3n) is 2.57. The fraction of sp³-hybridized carbons (Fsp3) is 0.556. The van der Waals surface area contributed by atoms with Gasteiger partial charge in [0.05, 0.1) is 29.3 Å². The molecule has 0 aromatic carbocycles. The molecule has 1 atom stereocenters. The monoisotopic (exact) mass is 228 g/mol. The molecule has 2 heterocycles. The third-order valence-corrected chi connectivity index (χ3v) is 4.37. The van der Waals surface area contributed by atoms with Gasteiger partial charge >= 0.3 is 0 Å². The van der Waals surface area contributed by atoms with Gasteiger partial charge in [0.2, 0.25) is 0 Å². The van der Waals surface area contributed by atoms with E-state index in [9.17, 15) is 13.2 Å². The van der Waals surface area contributed by atoms with Crippen LogP contribution in [0.5, 0.6) is 0 Å². The van der Waals surface area contributed by atoms with Gasteiger partial charge in [0.25, 0.3) is 0 Å². The second-order valence-corrected chi connectivity index (χ2v) is 6.01. The first-order valence-corrected chi connectivity index (χ1v) is 6.62. The molecule has 0 saturated carbocycles. The zero-order valence-electron chi connectivity index (χ0n) is 8.17. The number of rotatable bonds is 2. The molecule has 0 spiro atoms. The summed E-state index contributed by atoms with van der Waals surface area (Å²) < 4.78 is 24.4. The zero-order valence-corrected chi connectivity index (χ0v) is 8.98. The molecule has 0 bridgehead atoms. The van der Waals surface area contributed by atoms with Crippen molar-refractivity contribution in [3.63, 3.8) is 0 Å². The number of hydrogen-bond acceptors (Lipinski definition) is 4. The summed E-state index contributed by atoms with van der Waals surface area (Å²) in [6.45, 7) is 0. The quantitative estimate of drug-likeness (QED) is 0.689. The Morgan fingerprint density at radius 2 is 2.33 bits per heavy atom. The molecule has 0 aliphatic carbocycles. The van der Waals surface area contributed by atoms with Gasteiger partial charge in [-0.05, 0) is 12.8 Å². The molecule has 5 nitrogen and oxygen atoms in total. The number of carbonyl (C=O) groups excluding carboxylic acids is 1. The van der Waals surface area contributed by atoms with Gasteiger partial charge in [-0.25, -0.2) is 8.42 Å². The molecule has 1 aliphatic heterocycles. The van der Waals surface area contributed by atoms with E-state index < -0.39 is 9.84 Å². The lowest BCUT2D eigenvalue weighted by Gasteiger charge is -2.21. The molecule has 0 N–H and O–H groups in total. The summed E-state index contributed by atoms with van der Waals surface area (Å²) in [4.78, 5) is 10.5. The molecule has 0 amide bonds. The van der Waals surface area contributed by atoms with Crippen LogP contribution in [0.2, 0.25) is 0 Å². The maximum Gasteiger partial charge on any atom is 0.153 e. The van der Waals surface area contributed by atoms with Gasteiger partial charge < -0.3 is 0 Å². The molecule has 1 fully saturated rings. The summed E-state index contributed by atoms with van der Waals surface area (Å²) in [5.41, 5.74) is 0.484. The topological polar surface area (TPSA) is 69.0 Å². The molecular formula is C9H12N2O3S. The van der Waals surface area contributed by atoms with Crippen molar-refractivity contribution in [2.75, 3.05) is 11.5 Å². The fourth-order valence-electron chi connectivity index (χ4n) is 1.82. The second kappa shape index (κ2) is 3.77. The number of sulfone groups is 1. The largest absolute Gasteiger partial charge is 0.298 e. The van der Waals surface area contributed by atoms with E-state index in [0.717, 1.165) is 6.42 Å². The minimum absolute atomic E-state index is 0.113. The van der Waals surface area contributed by atoms with E-state index in [4.69, 9.17) is 0 Å². The maximum atomic E-state index is 11.4. The highest BCUT2D eigenvalue weighted by Gasteiger charge is 2.26. The van der Waals surface area contributed by atoms with Crippen molar-refractivity contribution in [3.05, 3.63) is 18.0 Å². The standard InChI is InChI=1S/C9H12N2O3S/c12-6-8-4-10-11(5-8)9-2-1-3-15(13,14)7-9/h4-6,9H,1-3,7H2. The van der Waals surface area contributed by atoms with Gasteiger partial charge in [0, 0.05) is 6.20 Å². The summed E-state index contributed by atoms with van der Waals surface area (Å²) in [6.07, 6.45) is 5.23. The van der Waals surface area contributed by atoms with E-state index in [1.54, 1.807) is 10.9 Å². The van der Waals surface area contributed by atoms with Crippen LogP contribution >= 0.6 is 0 Å². The minimum Gasteiger partial charge on any atom is -0.298 e. The van der Waals surface area contributed by atoms with Crippen molar-refractivity contribution in [2.45, 2.75) is 18.9 Å². The average Bonchev–Trinajstić information content (AvgIpc) is 2.64. The first-order chi connectivity index (χ1) is 7.11. The van der Waals surface area contributed by atoms with Crippen LogP contribution in [0.25, 0.3) is 0 Å². The molecule has 6 heteroatoms. The molecule has 1 aliphatic rings. The predicted molar refractivity (Wildman–Crippen MR) is 54.5 cm³/mol. The molecule has 1 unspecified atom stereocenters. The van der Waals surface area contributed by atoms with Gasteiger partial charge in [0.15, 0.2) is 16.1 Å². The smallest absolute Gasteiger partial charge is 0.153 e. The molecule has 1 aromatic rings. The van der Waals surface area contributed by atoms with Gasteiger partial charge in [0.1, 0.15) is 0 Å². The Labute approximate surface area is 88.0 Å². The molecular weight excluding hydrogens is 216 g/mol. The van der Waals surface area contributed by atoms with Crippen LogP contribution in [0.4, 0.5) is 0 Å². The highest BCUT2D eigenvalue weighted by molar-refractivity contribution is 7.91. The van der Waals surface area contributed by atoms with Crippen molar-refractivity contribution >= 4 is 16.1 Å². The summed E-state index contributed by atoms with van der Waals surface area (Å²) in [5.74, 6) is 0.401. The van der Waals surface area contributed by atoms with Crippen molar-refractivity contribution in [1.29, 1.82) is 0 Å². The number of hydrogen-bond donors (Lipinski definition) is 0. The highest BCUT2D eigenvalue weighted by atomic mass is 32.2. The third kappa shape index (κ3) is 2.26. The highest BCUT2D eigenvalue weighted by Crippen LogP contribution is 2.22. The summed E-state index contributed by atoms with van der Waals surface area (Å²) in [5, 5.41) is 4.00. The van der Waals surface area contributed by atoms with E-state index in [1.807, 2.05) is 0 Å². The number of aldehydes is 1. The van der Waals surface area contributed by atoms with Crippen LogP contribution in [0, 0.1) is 0 Å². The Morgan fingerprint density at radius 1 is 1.53 bits per heavy atom. The fourth-order valence-corrected chi connectivity index (χ4v) is 3.50. The van der Waals surface area contributed by atoms with E-state index in [-0.39, 0.29) is 17.5 Å². The molecule has 1 saturated heterocycles. The van der Waals surface area contributed by atoms with Crippen molar-refractivity contribution in [2.24, 2.45) is 0 Å². The van der Waals surface area contributed by atoms with Crippen LogP contribution in [-0.2, 0) is 9.84 Å². The van der Waals surface area contributed by atoms with Crippen LogP contribution in [-0.4, -0.2) is 36.0 Å². The van der Waals surface area contributed by atoms with Gasteiger partial charge in [-0.2, -0.15) is 5.10 Å². The lowest BCUT2D eigenvalue weighted by Crippen LogP contribution is -2.27. The molecule has 2 rings (SSSR count). The Morgan fingerprint density at radius 3 is 2.93 bits per heavy atom. The molecule has 15 heavy (non-hydrogen) atoms. The summed E-state index contributed by atoms with van der Waals surface area (Å²) in [6, 6.07) is -0.113. The van der Waals surface area contributed by atoms with Crippen LogP contribution in [0.3, 0.4) is 0 Å². The van der Waals surface area contributed by atoms with Gasteiger partial charge in [-0.3, -0.25) is 9.48 Å². The van der Waals surface area contributed by atoms with E-state index in [1.165, 1.54) is 6.20 Å². The normalized spacial score (nSPS) is 24.9. The molecule has 1 aromatic heterocycles. The molecule has 0 radical (unpaired) electrons. The Bertz CT molecular complexity index is 463. The van der Waals surface area contributed by atoms with E-state index in [2.05, 4.69) is 5.10 Å². The first kappa shape index (κ1) is 10.4. The number of aromatic nitrogens is 2. The van der Waals surface area contributed by atoms with E-state index in [0.29, 0.717) is 18.3 Å². The summed E-state index contributed by atoms with van der Waals surface area (Å²) >= 11 is 0. The van der Waals surface area contributed by atoms with Crippen molar-refractivity contribution in [1.82, 2.24) is 9.78 Å². The number of nitrogens with zero attached hydrogens (tertiary/aromatic N) is 2. The van der Waals surface area contributed by atoms with Gasteiger partial charge in [-0.15, -0.1) is 0 Å². The molecule has 82 valence electrons. The maximum absolute atomic E-state index is 11.4. The minimum atomic E-state index is -2.93. The van der Waals surface area contributed by atoms with Crippen molar-refractivity contribution in [3.8, 4) is 0 Å². The SMILES string of the molecule is O=Cc1cnn(C2CCCS(=O)(=O)C2)c1. The number of carbonyl (C=O) groups is 1. The lowest BCUT2D eigenvalue weighted by atomic mass is 10.2. The average molecular weight is 228 g/mol. The predicted octanol–water partition coefficient (Wildman–Crippen LogP) is 0.445. The Kier molecular flexibility index (Phi) is 2.60. The van der Waals surface area contributed by atoms with Crippen LogP contribution in [0.1, 0.15) is 29.2 Å². The van der Waals surface area contributed by atoms with Gasteiger partial charge in [-0.1, -0.05) is 0 Å². The van der Waals surface area contributed by atoms with Crippen molar-refractivity contribution < 1.29 is 13.2 Å². The van der Waals surface area contributed by atoms with E-state index >= 15 is 0 Å². The summed E-state index contributed by atoms with van der Waals surface area (Å²) in [7, 11) is -2.93. The van der Waals surface area contributed by atoms with Crippen LogP contribution in [0.15, 0.2) is 12.4 Å². The Hall–Kier alpha value is -1.17. The zero-order chi connectivity index (χ0) is 10.9.